The number of phosphoric ester groups is 1. The van der Waals surface area contributed by atoms with E-state index in [-0.39, 0.29) is 38.6 Å². The van der Waals surface area contributed by atoms with Gasteiger partial charge in [-0.1, -0.05) is 199 Å². The van der Waals surface area contributed by atoms with Crippen molar-refractivity contribution in [2.24, 2.45) is 5.73 Å². The fourth-order valence-corrected chi connectivity index (χ4v) is 7.63. The molecule has 56 heavy (non-hydrogen) atoms. The van der Waals surface area contributed by atoms with Crippen molar-refractivity contribution in [3.8, 4) is 0 Å². The molecule has 0 aliphatic heterocycles. The van der Waals surface area contributed by atoms with Gasteiger partial charge in [-0.05, 0) is 38.5 Å². The summed E-state index contributed by atoms with van der Waals surface area (Å²) in [4.78, 5) is 34.9. The van der Waals surface area contributed by atoms with E-state index >= 15 is 0 Å². The topological polar surface area (TPSA) is 134 Å². The van der Waals surface area contributed by atoms with E-state index in [9.17, 15) is 19.0 Å². The predicted octanol–water partition coefficient (Wildman–Crippen LogP) is 13.8. The van der Waals surface area contributed by atoms with Crippen LogP contribution in [-0.4, -0.2) is 49.3 Å². The van der Waals surface area contributed by atoms with E-state index in [1.165, 1.54) is 173 Å². The molecule has 1 unspecified atom stereocenters. The number of ether oxygens (including phenoxy) is 2. The quantitative estimate of drug-likeness (QED) is 0.0266. The second-order valence-corrected chi connectivity index (χ2v) is 17.4. The molecule has 0 saturated heterocycles. The molecule has 0 heterocycles. The third kappa shape index (κ3) is 42.4. The van der Waals surface area contributed by atoms with Gasteiger partial charge in [-0.25, -0.2) is 4.57 Å². The van der Waals surface area contributed by atoms with Crippen molar-refractivity contribution in [3.63, 3.8) is 0 Å². The lowest BCUT2D eigenvalue weighted by molar-refractivity contribution is -0.161. The van der Waals surface area contributed by atoms with Gasteiger partial charge in [-0.15, -0.1) is 0 Å². The van der Waals surface area contributed by atoms with Crippen LogP contribution in [0.4, 0.5) is 0 Å². The standard InChI is InChI=1S/C46H90NO8P/c1-3-5-7-9-11-13-15-17-19-20-21-22-23-24-25-27-28-30-32-34-36-38-45(48)52-42-44(43-54-56(50,51)53-41-40-47)55-46(49)39-37-35-33-31-29-26-18-16-14-12-10-8-6-4-2/h17,19,44H,3-16,18,20-43,47H2,1-2H3,(H,50,51)/b19-17+/t44-/m0/s1. The van der Waals surface area contributed by atoms with E-state index in [0.29, 0.717) is 6.42 Å². The average Bonchev–Trinajstić information content (AvgIpc) is 3.18. The molecule has 0 rings (SSSR count). The van der Waals surface area contributed by atoms with Gasteiger partial charge in [0, 0.05) is 19.4 Å². The van der Waals surface area contributed by atoms with Gasteiger partial charge in [0.05, 0.1) is 13.2 Å². The number of allylic oxidation sites excluding steroid dienone is 2. The fraction of sp³-hybridized carbons (Fsp3) is 0.913. The van der Waals surface area contributed by atoms with Gasteiger partial charge in [0.15, 0.2) is 6.10 Å². The van der Waals surface area contributed by atoms with Gasteiger partial charge < -0.3 is 20.1 Å². The summed E-state index contributed by atoms with van der Waals surface area (Å²) in [5, 5.41) is 0. The molecule has 0 aromatic rings. The van der Waals surface area contributed by atoms with Crippen LogP contribution >= 0.6 is 7.82 Å². The van der Waals surface area contributed by atoms with Crippen LogP contribution in [0.25, 0.3) is 0 Å². The first kappa shape index (κ1) is 54.8. The van der Waals surface area contributed by atoms with Gasteiger partial charge in [0.2, 0.25) is 0 Å². The number of nitrogens with two attached hydrogens (primary N) is 1. The SMILES string of the molecule is CCCCCCCC/C=C/CCCCCCCCCCCCCC(=O)OC[C@@H](COP(=O)(O)OCCN)OC(=O)CCCCCCCCCCCCCCCC. The molecule has 332 valence electrons. The van der Waals surface area contributed by atoms with E-state index < -0.39 is 26.5 Å². The van der Waals surface area contributed by atoms with Crippen LogP contribution in [-0.2, 0) is 32.7 Å². The normalized spacial score (nSPS) is 13.3. The Bertz CT molecular complexity index is 933. The smallest absolute Gasteiger partial charge is 0.462 e. The lowest BCUT2D eigenvalue weighted by Gasteiger charge is -2.19. The third-order valence-electron chi connectivity index (χ3n) is 10.4. The summed E-state index contributed by atoms with van der Waals surface area (Å²) in [6.45, 7) is 3.77. The largest absolute Gasteiger partial charge is 0.472 e. The Morgan fingerprint density at radius 2 is 0.875 bits per heavy atom. The van der Waals surface area contributed by atoms with Crippen LogP contribution in [0.5, 0.6) is 0 Å². The van der Waals surface area contributed by atoms with Crippen LogP contribution in [0.2, 0.25) is 0 Å². The minimum atomic E-state index is -4.37. The molecule has 3 N–H and O–H groups in total. The maximum Gasteiger partial charge on any atom is 0.472 e. The number of carbonyl (C=O) groups is 2. The number of rotatable bonds is 45. The predicted molar refractivity (Wildman–Crippen MR) is 234 cm³/mol. The number of phosphoric acid groups is 1. The molecule has 0 saturated carbocycles. The number of esters is 2. The van der Waals surface area contributed by atoms with Crippen molar-refractivity contribution in [1.82, 2.24) is 0 Å². The van der Waals surface area contributed by atoms with Crippen molar-refractivity contribution in [1.29, 1.82) is 0 Å². The summed E-state index contributed by atoms with van der Waals surface area (Å²) in [5.74, 6) is -0.816. The molecule has 0 radical (unpaired) electrons. The van der Waals surface area contributed by atoms with Crippen molar-refractivity contribution in [2.75, 3.05) is 26.4 Å². The Balaban J connectivity index is 4.03. The van der Waals surface area contributed by atoms with Crippen LogP contribution in [0, 0.1) is 0 Å². The molecular formula is C46H90NO8P. The second kappa shape index (κ2) is 43.3. The molecule has 0 aliphatic carbocycles. The van der Waals surface area contributed by atoms with Gasteiger partial charge >= 0.3 is 19.8 Å². The molecule has 9 nitrogen and oxygen atoms in total. The molecular weight excluding hydrogens is 725 g/mol. The average molecular weight is 816 g/mol. The highest BCUT2D eigenvalue weighted by molar-refractivity contribution is 7.47. The molecule has 0 bridgehead atoms. The Hall–Kier alpha value is -1.25. The Kier molecular flexibility index (Phi) is 42.4. The van der Waals surface area contributed by atoms with Crippen LogP contribution in [0.1, 0.15) is 239 Å². The molecule has 2 atom stereocenters. The third-order valence-corrected chi connectivity index (χ3v) is 11.4. The van der Waals surface area contributed by atoms with E-state index in [0.717, 1.165) is 32.1 Å². The highest BCUT2D eigenvalue weighted by Gasteiger charge is 2.26. The molecule has 0 aliphatic rings. The summed E-state index contributed by atoms with van der Waals surface area (Å²) >= 11 is 0. The minimum Gasteiger partial charge on any atom is -0.462 e. The molecule has 0 aromatic heterocycles. The van der Waals surface area contributed by atoms with Crippen LogP contribution < -0.4 is 5.73 Å². The zero-order chi connectivity index (χ0) is 41.1. The fourth-order valence-electron chi connectivity index (χ4n) is 6.87. The summed E-state index contributed by atoms with van der Waals surface area (Å²) in [6, 6.07) is 0. The van der Waals surface area contributed by atoms with Crippen molar-refractivity contribution in [2.45, 2.75) is 245 Å². The highest BCUT2D eigenvalue weighted by Crippen LogP contribution is 2.43. The monoisotopic (exact) mass is 816 g/mol. The lowest BCUT2D eigenvalue weighted by atomic mass is 10.0. The lowest BCUT2D eigenvalue weighted by Crippen LogP contribution is -2.29. The van der Waals surface area contributed by atoms with Crippen molar-refractivity contribution >= 4 is 19.8 Å². The zero-order valence-electron chi connectivity index (χ0n) is 36.6. The van der Waals surface area contributed by atoms with E-state index in [4.69, 9.17) is 24.3 Å². The maximum absolute atomic E-state index is 12.6. The zero-order valence-corrected chi connectivity index (χ0v) is 37.5. The summed E-state index contributed by atoms with van der Waals surface area (Å²) in [7, 11) is -4.37. The maximum atomic E-state index is 12.6. The van der Waals surface area contributed by atoms with Crippen LogP contribution in [0.15, 0.2) is 12.2 Å². The number of carbonyl (C=O) groups excluding carboxylic acids is 2. The molecule has 0 amide bonds. The van der Waals surface area contributed by atoms with Crippen molar-refractivity contribution < 1.29 is 37.6 Å². The Morgan fingerprint density at radius 1 is 0.518 bits per heavy atom. The van der Waals surface area contributed by atoms with E-state index in [1.54, 1.807) is 0 Å². The molecule has 10 heteroatoms. The number of hydrogen-bond acceptors (Lipinski definition) is 8. The van der Waals surface area contributed by atoms with Gasteiger partial charge in [0.1, 0.15) is 6.61 Å². The molecule has 0 spiro atoms. The second-order valence-electron chi connectivity index (χ2n) is 16.0. The number of hydrogen-bond donors (Lipinski definition) is 2. The van der Waals surface area contributed by atoms with Gasteiger partial charge in [-0.2, -0.15) is 0 Å². The Morgan fingerprint density at radius 3 is 1.27 bits per heavy atom. The van der Waals surface area contributed by atoms with Crippen molar-refractivity contribution in [3.05, 3.63) is 12.2 Å². The van der Waals surface area contributed by atoms with Gasteiger partial charge in [-0.3, -0.25) is 18.6 Å². The highest BCUT2D eigenvalue weighted by atomic mass is 31.2. The summed E-state index contributed by atoms with van der Waals surface area (Å²) in [5.41, 5.74) is 5.35. The minimum absolute atomic E-state index is 0.0565. The van der Waals surface area contributed by atoms with Crippen LogP contribution in [0.3, 0.4) is 0 Å². The Labute approximate surface area is 345 Å². The van der Waals surface area contributed by atoms with E-state index in [2.05, 4.69) is 26.0 Å². The molecule has 0 fully saturated rings. The first-order valence-electron chi connectivity index (χ1n) is 23.7. The summed E-state index contributed by atoms with van der Waals surface area (Å²) < 4.78 is 32.8. The number of unbranched alkanes of at least 4 members (excludes halogenated alkanes) is 30. The first-order valence-corrected chi connectivity index (χ1v) is 25.2. The summed E-state index contributed by atoms with van der Waals surface area (Å²) in [6.07, 6.45) is 45.3. The molecule has 0 aromatic carbocycles. The van der Waals surface area contributed by atoms with E-state index in [1.807, 2.05) is 0 Å². The van der Waals surface area contributed by atoms with Gasteiger partial charge in [0.25, 0.3) is 0 Å². The first-order chi connectivity index (χ1) is 27.3.